The molecule has 0 fully saturated rings. The summed E-state index contributed by atoms with van der Waals surface area (Å²) in [5.41, 5.74) is 3.52. The Bertz CT molecular complexity index is 996. The fraction of sp³-hybridized carbons (Fsp3) is 0.250. The van der Waals surface area contributed by atoms with E-state index < -0.39 is 0 Å². The molecule has 0 N–H and O–H groups in total. The van der Waals surface area contributed by atoms with Crippen molar-refractivity contribution in [1.29, 1.82) is 0 Å². The molecule has 0 amide bonds. The van der Waals surface area contributed by atoms with Crippen LogP contribution in [0.15, 0.2) is 60.8 Å². The fourth-order valence-electron chi connectivity index (χ4n) is 2.97. The fourth-order valence-corrected chi connectivity index (χ4v) is 3.10. The molecule has 29 heavy (non-hydrogen) atoms. The number of hydrogen-bond donors (Lipinski definition) is 0. The van der Waals surface area contributed by atoms with Crippen molar-refractivity contribution in [2.24, 2.45) is 5.92 Å². The summed E-state index contributed by atoms with van der Waals surface area (Å²) >= 11 is 5.92. The Hall–Kier alpha value is -2.85. The summed E-state index contributed by atoms with van der Waals surface area (Å²) in [5.74, 6) is 0.148. The van der Waals surface area contributed by atoms with Gasteiger partial charge in [0.05, 0.1) is 5.69 Å². The molecule has 0 atom stereocenters. The average molecular weight is 407 g/mol. The molecule has 3 rings (SSSR count). The highest BCUT2D eigenvalue weighted by atomic mass is 35.5. The Morgan fingerprint density at radius 2 is 1.62 bits per heavy atom. The third kappa shape index (κ3) is 5.81. The van der Waals surface area contributed by atoms with Gasteiger partial charge in [-0.2, -0.15) is 0 Å². The van der Waals surface area contributed by atoms with Crippen LogP contribution in [0.4, 0.5) is 0 Å². The van der Waals surface area contributed by atoms with Crippen LogP contribution in [0.2, 0.25) is 5.02 Å². The zero-order valence-corrected chi connectivity index (χ0v) is 17.3. The van der Waals surface area contributed by atoms with E-state index in [1.54, 1.807) is 24.4 Å². The maximum atomic E-state index is 12.5. The number of Topliss-reactive ketones (excluding diaryl/α,β-unsaturated/α-hetero) is 2. The van der Waals surface area contributed by atoms with Crippen LogP contribution < -0.4 is 0 Å². The van der Waals surface area contributed by atoms with Gasteiger partial charge >= 0.3 is 0 Å². The lowest BCUT2D eigenvalue weighted by Crippen LogP contribution is -2.10. The molecule has 0 bridgehead atoms. The van der Waals surface area contributed by atoms with Crippen LogP contribution in [0.3, 0.4) is 0 Å². The Morgan fingerprint density at radius 1 is 0.931 bits per heavy atom. The van der Waals surface area contributed by atoms with Gasteiger partial charge in [-0.3, -0.25) is 14.6 Å². The van der Waals surface area contributed by atoms with Crippen LogP contribution in [0.5, 0.6) is 0 Å². The van der Waals surface area contributed by atoms with E-state index in [1.165, 1.54) is 0 Å². The minimum atomic E-state index is -0.0778. The topological polar surface area (TPSA) is 59.9 Å². The maximum absolute atomic E-state index is 12.5. The highest BCUT2D eigenvalue weighted by Gasteiger charge is 2.14. The van der Waals surface area contributed by atoms with Crippen molar-refractivity contribution >= 4 is 23.2 Å². The number of nitrogens with zero attached hydrogens (tertiary/aromatic N) is 2. The van der Waals surface area contributed by atoms with E-state index in [0.717, 1.165) is 16.8 Å². The molecule has 4 nitrogen and oxygen atoms in total. The highest BCUT2D eigenvalue weighted by Crippen LogP contribution is 2.20. The number of rotatable bonds is 8. The molecular formula is C24H23ClN2O2. The van der Waals surface area contributed by atoms with Gasteiger partial charge in [-0.15, -0.1) is 0 Å². The molecule has 0 radical (unpaired) electrons. The Morgan fingerprint density at radius 3 is 2.24 bits per heavy atom. The summed E-state index contributed by atoms with van der Waals surface area (Å²) in [6, 6.07) is 16.5. The number of aryl methyl sites for hydroxylation is 1. The molecule has 0 aliphatic heterocycles. The van der Waals surface area contributed by atoms with Crippen molar-refractivity contribution in [1.82, 2.24) is 9.97 Å². The summed E-state index contributed by atoms with van der Waals surface area (Å²) in [4.78, 5) is 33.5. The zero-order chi connectivity index (χ0) is 20.8. The normalized spacial score (nSPS) is 10.9. The van der Waals surface area contributed by atoms with Crippen LogP contribution in [0.1, 0.15) is 53.2 Å². The lowest BCUT2D eigenvalue weighted by atomic mass is 10.0. The summed E-state index contributed by atoms with van der Waals surface area (Å²) < 4.78 is 0. The monoisotopic (exact) mass is 406 g/mol. The largest absolute Gasteiger partial charge is 0.292 e. The Kier molecular flexibility index (Phi) is 6.89. The summed E-state index contributed by atoms with van der Waals surface area (Å²) in [6.07, 6.45) is 3.10. The standard InChI is InChI=1S/C24H23ClN2O2/c1-16(2)14-24(29)22-5-3-4-21(27-22)23(28)13-7-17-6-12-20(26-15-17)18-8-10-19(25)11-9-18/h3-6,8-12,15-16H,7,13-14H2,1-2H3. The molecular weight excluding hydrogens is 384 g/mol. The predicted molar refractivity (Wildman–Crippen MR) is 115 cm³/mol. The van der Waals surface area contributed by atoms with Gasteiger partial charge in [0.15, 0.2) is 11.6 Å². The van der Waals surface area contributed by atoms with Crippen molar-refractivity contribution in [3.05, 3.63) is 82.8 Å². The second-order valence-electron chi connectivity index (χ2n) is 7.41. The quantitative estimate of drug-likeness (QED) is 0.441. The number of ketones is 2. The van der Waals surface area contributed by atoms with Crippen LogP contribution >= 0.6 is 11.6 Å². The van der Waals surface area contributed by atoms with Crippen molar-refractivity contribution in [3.63, 3.8) is 0 Å². The number of aromatic nitrogens is 2. The first kappa shape index (κ1) is 20.9. The van der Waals surface area contributed by atoms with Gasteiger partial charge in [0.25, 0.3) is 0 Å². The average Bonchev–Trinajstić information content (AvgIpc) is 2.72. The highest BCUT2D eigenvalue weighted by molar-refractivity contribution is 6.30. The van der Waals surface area contributed by atoms with Crippen LogP contribution in [-0.2, 0) is 6.42 Å². The Balaban J connectivity index is 1.62. The number of benzene rings is 1. The van der Waals surface area contributed by atoms with Gasteiger partial charge in [-0.1, -0.05) is 49.7 Å². The van der Waals surface area contributed by atoms with E-state index in [0.29, 0.717) is 35.7 Å². The minimum absolute atomic E-state index is 0.0309. The lowest BCUT2D eigenvalue weighted by Gasteiger charge is -2.06. The van der Waals surface area contributed by atoms with E-state index in [4.69, 9.17) is 11.6 Å². The number of hydrogen-bond acceptors (Lipinski definition) is 4. The minimum Gasteiger partial charge on any atom is -0.292 e. The van der Waals surface area contributed by atoms with Gasteiger partial charge in [0, 0.05) is 29.6 Å². The lowest BCUT2D eigenvalue weighted by molar-refractivity contribution is 0.0962. The van der Waals surface area contributed by atoms with Crippen molar-refractivity contribution in [2.75, 3.05) is 0 Å². The number of carbonyl (C=O) groups excluding carboxylic acids is 2. The third-order valence-corrected chi connectivity index (χ3v) is 4.77. The summed E-state index contributed by atoms with van der Waals surface area (Å²) in [5, 5.41) is 0.687. The molecule has 0 saturated carbocycles. The smallest absolute Gasteiger partial charge is 0.181 e. The zero-order valence-electron chi connectivity index (χ0n) is 16.6. The van der Waals surface area contributed by atoms with E-state index >= 15 is 0 Å². The van der Waals surface area contributed by atoms with Crippen LogP contribution in [0.25, 0.3) is 11.3 Å². The van der Waals surface area contributed by atoms with E-state index in [-0.39, 0.29) is 17.5 Å². The molecule has 148 valence electrons. The molecule has 3 aromatic rings. The molecule has 0 aliphatic carbocycles. The van der Waals surface area contributed by atoms with Gasteiger partial charge in [0.2, 0.25) is 0 Å². The van der Waals surface area contributed by atoms with Crippen molar-refractivity contribution in [3.8, 4) is 11.3 Å². The van der Waals surface area contributed by atoms with Crippen molar-refractivity contribution in [2.45, 2.75) is 33.1 Å². The molecule has 5 heteroatoms. The molecule has 2 aromatic heterocycles. The van der Waals surface area contributed by atoms with E-state index in [9.17, 15) is 9.59 Å². The molecule has 1 aromatic carbocycles. The van der Waals surface area contributed by atoms with Gasteiger partial charge in [-0.25, -0.2) is 4.98 Å². The van der Waals surface area contributed by atoms with Gasteiger partial charge < -0.3 is 0 Å². The second-order valence-corrected chi connectivity index (χ2v) is 7.85. The number of pyridine rings is 2. The SMILES string of the molecule is CC(C)CC(=O)c1cccc(C(=O)CCc2ccc(-c3ccc(Cl)cc3)nc2)n1. The van der Waals surface area contributed by atoms with Gasteiger partial charge in [-0.05, 0) is 48.2 Å². The first-order valence-corrected chi connectivity index (χ1v) is 10.0. The number of carbonyl (C=O) groups is 2. The summed E-state index contributed by atoms with van der Waals surface area (Å²) in [6.45, 7) is 3.97. The third-order valence-electron chi connectivity index (χ3n) is 4.52. The van der Waals surface area contributed by atoms with Crippen LogP contribution in [0, 0.1) is 5.92 Å². The van der Waals surface area contributed by atoms with E-state index in [2.05, 4.69) is 9.97 Å². The molecule has 0 unspecified atom stereocenters. The van der Waals surface area contributed by atoms with Crippen LogP contribution in [-0.4, -0.2) is 21.5 Å². The molecule has 0 spiro atoms. The second kappa shape index (κ2) is 9.57. The first-order valence-electron chi connectivity index (χ1n) is 9.66. The summed E-state index contributed by atoms with van der Waals surface area (Å²) in [7, 11) is 0. The van der Waals surface area contributed by atoms with E-state index in [1.807, 2.05) is 50.2 Å². The molecule has 0 aliphatic rings. The number of halogens is 1. The molecule has 0 saturated heterocycles. The van der Waals surface area contributed by atoms with Crippen molar-refractivity contribution < 1.29 is 9.59 Å². The Labute approximate surface area is 176 Å². The predicted octanol–water partition coefficient (Wildman–Crippen LogP) is 5.84. The van der Waals surface area contributed by atoms with Gasteiger partial charge in [0.1, 0.15) is 11.4 Å². The first-order chi connectivity index (χ1) is 13.9. The molecule has 2 heterocycles. The maximum Gasteiger partial charge on any atom is 0.181 e.